The second kappa shape index (κ2) is 11.1. The van der Waals surface area contributed by atoms with Gasteiger partial charge in [-0.25, -0.2) is 0 Å². The van der Waals surface area contributed by atoms with E-state index in [0.29, 0.717) is 54.6 Å². The van der Waals surface area contributed by atoms with Gasteiger partial charge in [-0.3, -0.25) is 14.4 Å². The molecule has 172 valence electrons. The molecule has 0 spiro atoms. The summed E-state index contributed by atoms with van der Waals surface area (Å²) in [5.74, 6) is 0.328. The molecule has 32 heavy (non-hydrogen) atoms. The van der Waals surface area contributed by atoms with E-state index in [0.717, 1.165) is 0 Å². The summed E-state index contributed by atoms with van der Waals surface area (Å²) in [7, 11) is 1.55. The minimum atomic E-state index is -0.633. The number of benzene rings is 1. The van der Waals surface area contributed by atoms with Gasteiger partial charge in [-0.2, -0.15) is 0 Å². The summed E-state index contributed by atoms with van der Waals surface area (Å²) in [5.41, 5.74) is 0.533. The second-order valence-corrected chi connectivity index (χ2v) is 9.35. The number of likely N-dealkylation sites (tertiary alicyclic amines) is 1. The fourth-order valence-electron chi connectivity index (χ4n) is 3.86. The van der Waals surface area contributed by atoms with Crippen molar-refractivity contribution >= 4 is 29.1 Å². The van der Waals surface area contributed by atoms with Crippen LogP contribution in [0, 0.1) is 11.8 Å². The molecule has 2 aromatic rings. The first-order chi connectivity index (χ1) is 15.4. The first kappa shape index (κ1) is 23.8. The number of carbonyl (C=O) groups excluding carboxylic acids is 3. The molecular weight excluding hydrogens is 426 g/mol. The molecule has 1 aromatic carbocycles. The third-order valence-electron chi connectivity index (χ3n) is 5.63. The molecule has 2 heterocycles. The third kappa shape index (κ3) is 5.88. The molecule has 3 amide bonds. The van der Waals surface area contributed by atoms with E-state index in [1.807, 2.05) is 37.4 Å². The average Bonchev–Trinajstić information content (AvgIpc) is 3.35. The van der Waals surface area contributed by atoms with Crippen LogP contribution in [0.4, 0.5) is 0 Å². The third-order valence-corrected chi connectivity index (χ3v) is 6.50. The Balaban J connectivity index is 1.68. The quantitative estimate of drug-likeness (QED) is 0.637. The molecule has 1 aromatic heterocycles. The first-order valence-corrected chi connectivity index (χ1v) is 11.8. The van der Waals surface area contributed by atoms with Crippen LogP contribution in [-0.2, 0) is 4.79 Å². The Kier molecular flexibility index (Phi) is 8.27. The van der Waals surface area contributed by atoms with Crippen molar-refractivity contribution in [2.24, 2.45) is 11.8 Å². The van der Waals surface area contributed by atoms with Crippen LogP contribution in [0.5, 0.6) is 5.75 Å². The lowest BCUT2D eigenvalue weighted by atomic mass is 9.88. The van der Waals surface area contributed by atoms with Gasteiger partial charge in [-0.05, 0) is 48.3 Å². The Bertz CT molecular complexity index is 921. The molecule has 1 atom stereocenters. The molecule has 1 fully saturated rings. The Labute approximate surface area is 193 Å². The molecule has 7 nitrogen and oxygen atoms in total. The summed E-state index contributed by atoms with van der Waals surface area (Å²) in [6, 6.07) is 10.1. The van der Waals surface area contributed by atoms with E-state index >= 15 is 0 Å². The number of rotatable bonds is 8. The lowest BCUT2D eigenvalue weighted by molar-refractivity contribution is -0.124. The van der Waals surface area contributed by atoms with E-state index < -0.39 is 6.04 Å². The number of methoxy groups -OCH3 is 1. The van der Waals surface area contributed by atoms with Gasteiger partial charge in [-0.1, -0.05) is 32.0 Å². The number of ether oxygens (including phenoxy) is 1. The number of carbonyl (C=O) groups is 3. The molecular formula is C24H31N3O4S. The fraction of sp³-hybridized carbons (Fsp3) is 0.458. The molecule has 0 unspecified atom stereocenters. The Morgan fingerprint density at radius 3 is 2.47 bits per heavy atom. The van der Waals surface area contributed by atoms with Crippen LogP contribution in [0.15, 0.2) is 41.8 Å². The number of para-hydroxylation sites is 1. The number of thiophene rings is 1. The number of hydrogen-bond acceptors (Lipinski definition) is 5. The van der Waals surface area contributed by atoms with Crippen molar-refractivity contribution in [3.05, 3.63) is 52.2 Å². The van der Waals surface area contributed by atoms with Crippen molar-refractivity contribution < 1.29 is 19.1 Å². The highest BCUT2D eigenvalue weighted by atomic mass is 32.1. The van der Waals surface area contributed by atoms with Crippen LogP contribution >= 0.6 is 11.3 Å². The molecule has 1 saturated heterocycles. The second-order valence-electron chi connectivity index (χ2n) is 8.40. The maximum absolute atomic E-state index is 13.0. The number of amides is 3. The molecule has 0 radical (unpaired) electrons. The molecule has 1 aliphatic heterocycles. The lowest BCUT2D eigenvalue weighted by Gasteiger charge is -2.36. The van der Waals surface area contributed by atoms with Gasteiger partial charge in [0.25, 0.3) is 11.8 Å². The number of nitrogens with zero attached hydrogens (tertiary/aromatic N) is 1. The van der Waals surface area contributed by atoms with E-state index in [1.165, 1.54) is 11.3 Å². The SMILES string of the molecule is COc1ccccc1C(=O)N1CCC([C@H](NC(=O)c2cccs2)C(=O)NCC(C)C)CC1. The van der Waals surface area contributed by atoms with Crippen molar-refractivity contribution in [3.63, 3.8) is 0 Å². The highest BCUT2D eigenvalue weighted by Gasteiger charge is 2.34. The van der Waals surface area contributed by atoms with Crippen molar-refractivity contribution in [2.75, 3.05) is 26.7 Å². The molecule has 0 saturated carbocycles. The summed E-state index contributed by atoms with van der Waals surface area (Å²) < 4.78 is 5.33. The average molecular weight is 458 g/mol. The van der Waals surface area contributed by atoms with Gasteiger partial charge >= 0.3 is 0 Å². The predicted octanol–water partition coefficient (Wildman–Crippen LogP) is 3.18. The van der Waals surface area contributed by atoms with Gasteiger partial charge in [-0.15, -0.1) is 11.3 Å². The number of nitrogens with one attached hydrogen (secondary N) is 2. The summed E-state index contributed by atoms with van der Waals surface area (Å²) in [6.07, 6.45) is 1.26. The van der Waals surface area contributed by atoms with Crippen molar-refractivity contribution in [2.45, 2.75) is 32.7 Å². The van der Waals surface area contributed by atoms with E-state index in [-0.39, 0.29) is 23.6 Å². The topological polar surface area (TPSA) is 87.7 Å². The zero-order valence-corrected chi connectivity index (χ0v) is 19.6. The number of piperidine rings is 1. The summed E-state index contributed by atoms with van der Waals surface area (Å²) in [4.78, 5) is 41.0. The van der Waals surface area contributed by atoms with E-state index in [4.69, 9.17) is 4.74 Å². The molecule has 3 rings (SSSR count). The van der Waals surface area contributed by atoms with Gasteiger partial charge in [0.2, 0.25) is 5.91 Å². The molecule has 1 aliphatic rings. The number of hydrogen-bond donors (Lipinski definition) is 2. The van der Waals surface area contributed by atoms with E-state index in [9.17, 15) is 14.4 Å². The minimum absolute atomic E-state index is 0.0483. The summed E-state index contributed by atoms with van der Waals surface area (Å²) in [6.45, 7) is 5.65. The molecule has 0 bridgehead atoms. The van der Waals surface area contributed by atoms with Crippen LogP contribution < -0.4 is 15.4 Å². The van der Waals surface area contributed by atoms with Crippen LogP contribution in [0.2, 0.25) is 0 Å². The maximum atomic E-state index is 13.0. The standard InChI is InChI=1S/C24H31N3O4S/c1-16(2)15-25-23(29)21(26-22(28)20-9-6-14-32-20)17-10-12-27(13-11-17)24(30)18-7-4-5-8-19(18)31-3/h4-9,14,16-17,21H,10-13,15H2,1-3H3,(H,25,29)(H,26,28)/t21-/m0/s1. The first-order valence-electron chi connectivity index (χ1n) is 10.9. The van der Waals surface area contributed by atoms with Crippen LogP contribution in [0.25, 0.3) is 0 Å². The minimum Gasteiger partial charge on any atom is -0.496 e. The van der Waals surface area contributed by atoms with Crippen molar-refractivity contribution in [1.82, 2.24) is 15.5 Å². The summed E-state index contributed by atoms with van der Waals surface area (Å²) >= 11 is 1.35. The smallest absolute Gasteiger partial charge is 0.262 e. The maximum Gasteiger partial charge on any atom is 0.262 e. The highest BCUT2D eigenvalue weighted by molar-refractivity contribution is 7.12. The van der Waals surface area contributed by atoms with Gasteiger partial charge in [0.05, 0.1) is 17.6 Å². The Hall–Kier alpha value is -2.87. The fourth-order valence-corrected chi connectivity index (χ4v) is 4.49. The molecule has 2 N–H and O–H groups in total. The Morgan fingerprint density at radius 1 is 1.12 bits per heavy atom. The van der Waals surface area contributed by atoms with Gasteiger partial charge in [0.15, 0.2) is 0 Å². The monoisotopic (exact) mass is 457 g/mol. The largest absolute Gasteiger partial charge is 0.496 e. The van der Waals surface area contributed by atoms with Crippen LogP contribution in [-0.4, -0.2) is 55.4 Å². The van der Waals surface area contributed by atoms with Crippen LogP contribution in [0.1, 0.15) is 46.7 Å². The predicted molar refractivity (Wildman–Crippen MR) is 125 cm³/mol. The Morgan fingerprint density at radius 2 is 1.84 bits per heavy atom. The van der Waals surface area contributed by atoms with E-state index in [1.54, 1.807) is 30.2 Å². The zero-order valence-electron chi connectivity index (χ0n) is 18.8. The molecule has 8 heteroatoms. The lowest BCUT2D eigenvalue weighted by Crippen LogP contribution is -2.54. The van der Waals surface area contributed by atoms with Gasteiger partial charge in [0.1, 0.15) is 11.8 Å². The highest BCUT2D eigenvalue weighted by Crippen LogP contribution is 2.26. The van der Waals surface area contributed by atoms with Gasteiger partial charge in [0, 0.05) is 19.6 Å². The van der Waals surface area contributed by atoms with E-state index in [2.05, 4.69) is 10.6 Å². The normalized spacial score (nSPS) is 15.3. The summed E-state index contributed by atoms with van der Waals surface area (Å²) in [5, 5.41) is 7.74. The zero-order chi connectivity index (χ0) is 23.1. The van der Waals surface area contributed by atoms with Crippen LogP contribution in [0.3, 0.4) is 0 Å². The molecule has 0 aliphatic carbocycles. The van der Waals surface area contributed by atoms with Crippen molar-refractivity contribution in [1.29, 1.82) is 0 Å². The van der Waals surface area contributed by atoms with Gasteiger partial charge < -0.3 is 20.3 Å². The van der Waals surface area contributed by atoms with Crippen molar-refractivity contribution in [3.8, 4) is 5.75 Å².